The Balaban J connectivity index is 1.71. The standard InChI is InChI=1S/C18H17ClN6O2/c1-27-14-9-7-13(8-10-14)21-18-23-16(19)22-17(24-18)20-11-15(25-26)12-5-3-2-4-6-12/h2-10,26H,11H2,1H3,(H2,20,21,22,23,24)/b25-15+. The first kappa shape index (κ1) is 18.4. The minimum atomic E-state index is 0.0331. The molecule has 8 nitrogen and oxygen atoms in total. The Labute approximate surface area is 160 Å². The lowest BCUT2D eigenvalue weighted by molar-refractivity contribution is 0.319. The second-order valence-corrected chi connectivity index (χ2v) is 5.71. The van der Waals surface area contributed by atoms with Gasteiger partial charge in [0.15, 0.2) is 0 Å². The maximum Gasteiger partial charge on any atom is 0.233 e. The van der Waals surface area contributed by atoms with Crippen molar-refractivity contribution in [3.8, 4) is 5.75 Å². The van der Waals surface area contributed by atoms with Gasteiger partial charge in [-0.15, -0.1) is 0 Å². The Morgan fingerprint density at radius 3 is 2.41 bits per heavy atom. The Bertz CT molecular complexity index is 919. The second-order valence-electron chi connectivity index (χ2n) is 5.37. The molecule has 1 heterocycles. The van der Waals surface area contributed by atoms with E-state index in [4.69, 9.17) is 16.3 Å². The predicted octanol–water partition coefficient (Wildman–Crippen LogP) is 3.57. The van der Waals surface area contributed by atoms with Gasteiger partial charge in [-0.3, -0.25) is 0 Å². The van der Waals surface area contributed by atoms with Gasteiger partial charge in [0.25, 0.3) is 0 Å². The molecule has 27 heavy (non-hydrogen) atoms. The number of hydrogen-bond donors (Lipinski definition) is 3. The number of halogens is 1. The van der Waals surface area contributed by atoms with E-state index in [0.29, 0.717) is 5.71 Å². The number of methoxy groups -OCH3 is 1. The second kappa shape index (κ2) is 8.81. The molecule has 0 unspecified atom stereocenters. The van der Waals surface area contributed by atoms with Crippen LogP contribution < -0.4 is 15.4 Å². The van der Waals surface area contributed by atoms with Crippen molar-refractivity contribution in [3.63, 3.8) is 0 Å². The van der Waals surface area contributed by atoms with Gasteiger partial charge >= 0.3 is 0 Å². The summed E-state index contributed by atoms with van der Waals surface area (Å²) in [5.41, 5.74) is 1.99. The summed E-state index contributed by atoms with van der Waals surface area (Å²) >= 11 is 5.99. The summed E-state index contributed by atoms with van der Waals surface area (Å²) < 4.78 is 5.13. The van der Waals surface area contributed by atoms with Gasteiger partial charge in [0.05, 0.1) is 13.7 Å². The third-order valence-electron chi connectivity index (χ3n) is 3.60. The molecule has 138 valence electrons. The van der Waals surface area contributed by atoms with Crippen LogP contribution in [0.4, 0.5) is 17.6 Å². The molecule has 0 saturated carbocycles. The van der Waals surface area contributed by atoms with Gasteiger partial charge in [0, 0.05) is 11.3 Å². The van der Waals surface area contributed by atoms with E-state index in [1.54, 1.807) is 7.11 Å². The molecule has 3 rings (SSSR count). The highest BCUT2D eigenvalue weighted by Crippen LogP contribution is 2.19. The van der Waals surface area contributed by atoms with Gasteiger partial charge in [-0.1, -0.05) is 35.5 Å². The first-order valence-corrected chi connectivity index (χ1v) is 8.38. The van der Waals surface area contributed by atoms with Gasteiger partial charge in [-0.05, 0) is 35.9 Å². The van der Waals surface area contributed by atoms with E-state index in [9.17, 15) is 5.21 Å². The van der Waals surface area contributed by atoms with Crippen LogP contribution in [0.5, 0.6) is 5.75 Å². The van der Waals surface area contributed by atoms with Gasteiger partial charge in [0.1, 0.15) is 11.5 Å². The van der Waals surface area contributed by atoms with Crippen LogP contribution in [-0.2, 0) is 0 Å². The molecule has 0 aliphatic carbocycles. The highest BCUT2D eigenvalue weighted by Gasteiger charge is 2.08. The van der Waals surface area contributed by atoms with E-state index in [1.165, 1.54) is 0 Å². The van der Waals surface area contributed by atoms with Gasteiger partial charge in [0.2, 0.25) is 17.2 Å². The first-order valence-electron chi connectivity index (χ1n) is 8.01. The largest absolute Gasteiger partial charge is 0.497 e. The van der Waals surface area contributed by atoms with E-state index >= 15 is 0 Å². The number of hydrogen-bond acceptors (Lipinski definition) is 8. The van der Waals surface area contributed by atoms with Crippen LogP contribution in [0, 0.1) is 0 Å². The lowest BCUT2D eigenvalue weighted by atomic mass is 10.1. The summed E-state index contributed by atoms with van der Waals surface area (Å²) in [7, 11) is 1.60. The molecule has 0 saturated heterocycles. The molecule has 0 amide bonds. The third kappa shape index (κ3) is 5.05. The molecule has 0 bridgehead atoms. The first-order chi connectivity index (χ1) is 13.2. The highest BCUT2D eigenvalue weighted by molar-refractivity contribution is 6.28. The number of anilines is 3. The van der Waals surface area contributed by atoms with Crippen molar-refractivity contribution in [2.45, 2.75) is 0 Å². The highest BCUT2D eigenvalue weighted by atomic mass is 35.5. The molecule has 0 radical (unpaired) electrons. The fraction of sp³-hybridized carbons (Fsp3) is 0.111. The topological polar surface area (TPSA) is 105 Å². The molecule has 3 aromatic rings. The summed E-state index contributed by atoms with van der Waals surface area (Å²) in [5.74, 6) is 1.28. The molecular formula is C18H17ClN6O2. The molecule has 0 atom stereocenters. The molecule has 0 aliphatic rings. The van der Waals surface area contributed by atoms with Crippen molar-refractivity contribution in [1.82, 2.24) is 15.0 Å². The fourth-order valence-electron chi connectivity index (χ4n) is 2.28. The van der Waals surface area contributed by atoms with Crippen LogP contribution in [-0.4, -0.2) is 39.5 Å². The summed E-state index contributed by atoms with van der Waals surface area (Å²) in [6.07, 6.45) is 0. The predicted molar refractivity (Wildman–Crippen MR) is 104 cm³/mol. The average molecular weight is 385 g/mol. The third-order valence-corrected chi connectivity index (χ3v) is 3.76. The molecule has 0 aliphatic heterocycles. The van der Waals surface area contributed by atoms with E-state index in [-0.39, 0.29) is 23.7 Å². The SMILES string of the molecule is COc1ccc(Nc2nc(Cl)nc(NC/C(=N\O)c3ccccc3)n2)cc1. The van der Waals surface area contributed by atoms with Crippen LogP contribution >= 0.6 is 11.6 Å². The minimum Gasteiger partial charge on any atom is -0.497 e. The monoisotopic (exact) mass is 384 g/mol. The van der Waals surface area contributed by atoms with Crippen molar-refractivity contribution >= 4 is 34.9 Å². The van der Waals surface area contributed by atoms with Crippen molar-refractivity contribution in [2.24, 2.45) is 5.16 Å². The Hall–Kier alpha value is -3.39. The number of oxime groups is 1. The number of aromatic nitrogens is 3. The molecule has 0 spiro atoms. The van der Waals surface area contributed by atoms with E-state index in [2.05, 4.69) is 30.7 Å². The van der Waals surface area contributed by atoms with E-state index in [1.807, 2.05) is 54.6 Å². The van der Waals surface area contributed by atoms with Crippen LogP contribution in [0.15, 0.2) is 59.8 Å². The maximum absolute atomic E-state index is 9.25. The maximum atomic E-state index is 9.25. The summed E-state index contributed by atoms with van der Waals surface area (Å²) in [4.78, 5) is 12.4. The lowest BCUT2D eigenvalue weighted by Gasteiger charge is -2.10. The van der Waals surface area contributed by atoms with Crippen LogP contribution in [0.3, 0.4) is 0 Å². The van der Waals surface area contributed by atoms with Crippen LogP contribution in [0.1, 0.15) is 5.56 Å². The summed E-state index contributed by atoms with van der Waals surface area (Å²) in [6.45, 7) is 0.211. The molecule has 9 heteroatoms. The number of benzene rings is 2. The number of nitrogens with zero attached hydrogens (tertiary/aromatic N) is 4. The quantitative estimate of drug-likeness (QED) is 0.325. The fourth-order valence-corrected chi connectivity index (χ4v) is 2.44. The summed E-state index contributed by atoms with van der Waals surface area (Å²) in [6, 6.07) is 16.6. The average Bonchev–Trinajstić information content (AvgIpc) is 2.69. The zero-order chi connectivity index (χ0) is 19.1. The molecule has 2 aromatic carbocycles. The molecule has 3 N–H and O–H groups in total. The summed E-state index contributed by atoms with van der Waals surface area (Å²) in [5, 5.41) is 18.6. The Kier molecular flexibility index (Phi) is 6.01. The zero-order valence-electron chi connectivity index (χ0n) is 14.4. The zero-order valence-corrected chi connectivity index (χ0v) is 15.2. The van der Waals surface area contributed by atoms with Gasteiger partial charge < -0.3 is 20.6 Å². The van der Waals surface area contributed by atoms with Crippen LogP contribution in [0.25, 0.3) is 0 Å². The molecule has 1 aromatic heterocycles. The van der Waals surface area contributed by atoms with Crippen LogP contribution in [0.2, 0.25) is 5.28 Å². The Morgan fingerprint density at radius 2 is 1.74 bits per heavy atom. The van der Waals surface area contributed by atoms with Crippen molar-refractivity contribution in [2.75, 3.05) is 24.3 Å². The molecular weight excluding hydrogens is 368 g/mol. The van der Waals surface area contributed by atoms with Gasteiger partial charge in [-0.25, -0.2) is 0 Å². The number of rotatable bonds is 7. The van der Waals surface area contributed by atoms with Crippen molar-refractivity contribution < 1.29 is 9.94 Å². The molecule has 0 fully saturated rings. The van der Waals surface area contributed by atoms with Gasteiger partial charge in [-0.2, -0.15) is 15.0 Å². The minimum absolute atomic E-state index is 0.0331. The number of ether oxygens (including phenoxy) is 1. The number of nitrogens with one attached hydrogen (secondary N) is 2. The van der Waals surface area contributed by atoms with Crippen molar-refractivity contribution in [3.05, 3.63) is 65.4 Å². The lowest BCUT2D eigenvalue weighted by Crippen LogP contribution is -2.17. The van der Waals surface area contributed by atoms with Crippen molar-refractivity contribution in [1.29, 1.82) is 0 Å². The Morgan fingerprint density at radius 1 is 1.04 bits per heavy atom. The normalized spacial score (nSPS) is 11.1. The van der Waals surface area contributed by atoms with E-state index < -0.39 is 0 Å². The van der Waals surface area contributed by atoms with E-state index in [0.717, 1.165) is 17.0 Å². The smallest absolute Gasteiger partial charge is 0.233 e.